The molecule has 0 saturated heterocycles. The molecule has 2 heterocycles. The minimum Gasteiger partial charge on any atom is -0.345 e. The van der Waals surface area contributed by atoms with Gasteiger partial charge in [0.2, 0.25) is 0 Å². The van der Waals surface area contributed by atoms with Gasteiger partial charge in [-0.25, -0.2) is 4.99 Å². The van der Waals surface area contributed by atoms with Crippen LogP contribution >= 0.6 is 0 Å². The molecule has 0 radical (unpaired) electrons. The van der Waals surface area contributed by atoms with E-state index in [1.165, 1.54) is 18.6 Å². The Labute approximate surface area is 137 Å². The highest BCUT2D eigenvalue weighted by Crippen LogP contribution is 2.33. The van der Waals surface area contributed by atoms with Gasteiger partial charge in [0.1, 0.15) is 5.82 Å². The first-order valence-corrected chi connectivity index (χ1v) is 8.00. The second-order valence-corrected chi connectivity index (χ2v) is 6.02. The first-order valence-electron chi connectivity index (χ1n) is 8.00. The van der Waals surface area contributed by atoms with Crippen LogP contribution in [0.1, 0.15) is 37.4 Å². The van der Waals surface area contributed by atoms with Gasteiger partial charge in [-0.3, -0.25) is 9.98 Å². The van der Waals surface area contributed by atoms with E-state index in [0.717, 1.165) is 40.4 Å². The molecule has 23 heavy (non-hydrogen) atoms. The maximum atomic E-state index is 4.84. The van der Waals surface area contributed by atoms with E-state index in [1.807, 2.05) is 19.2 Å². The first-order chi connectivity index (χ1) is 11.1. The monoisotopic (exact) mass is 306 g/mol. The molecule has 1 aliphatic carbocycles. The van der Waals surface area contributed by atoms with Crippen LogP contribution in [-0.2, 0) is 0 Å². The van der Waals surface area contributed by atoms with Gasteiger partial charge in [0.15, 0.2) is 0 Å². The molecule has 3 rings (SSSR count). The fourth-order valence-corrected chi connectivity index (χ4v) is 3.12. The fourth-order valence-electron chi connectivity index (χ4n) is 3.12. The average Bonchev–Trinajstić information content (AvgIpc) is 3.15. The summed E-state index contributed by atoms with van der Waals surface area (Å²) < 4.78 is 0. The Balaban J connectivity index is 1.98. The predicted molar refractivity (Wildman–Crippen MR) is 98.2 cm³/mol. The number of aromatic amines is 1. The van der Waals surface area contributed by atoms with E-state index in [-0.39, 0.29) is 0 Å². The molecule has 118 valence electrons. The lowest BCUT2D eigenvalue weighted by Crippen LogP contribution is -2.01. The van der Waals surface area contributed by atoms with Gasteiger partial charge in [0.25, 0.3) is 0 Å². The molecule has 4 heteroatoms. The Bertz CT molecular complexity index is 783. The minimum absolute atomic E-state index is 0.590. The Kier molecular flexibility index (Phi) is 4.24. The third kappa shape index (κ3) is 2.89. The molecule has 1 saturated carbocycles. The molecule has 1 unspecified atom stereocenters. The topological polar surface area (TPSA) is 53.4 Å². The van der Waals surface area contributed by atoms with Crippen molar-refractivity contribution in [2.75, 3.05) is 0 Å². The van der Waals surface area contributed by atoms with Gasteiger partial charge in [0, 0.05) is 23.0 Å². The zero-order valence-corrected chi connectivity index (χ0v) is 13.8. The van der Waals surface area contributed by atoms with Gasteiger partial charge in [-0.05, 0) is 51.0 Å². The van der Waals surface area contributed by atoms with Crippen LogP contribution in [0.5, 0.6) is 0 Å². The highest BCUT2D eigenvalue weighted by molar-refractivity contribution is 5.90. The Morgan fingerprint density at radius 1 is 1.39 bits per heavy atom. The normalized spacial score (nSPS) is 19.2. The van der Waals surface area contributed by atoms with Gasteiger partial charge in [-0.2, -0.15) is 0 Å². The number of nitrogens with zero attached hydrogens (tertiary/aromatic N) is 3. The number of rotatable bonds is 4. The third-order valence-electron chi connectivity index (χ3n) is 4.50. The van der Waals surface area contributed by atoms with Crippen molar-refractivity contribution in [1.29, 1.82) is 0 Å². The van der Waals surface area contributed by atoms with E-state index < -0.39 is 0 Å². The number of aryl methyl sites for hydroxylation is 1. The number of pyridine rings is 1. The van der Waals surface area contributed by atoms with Crippen molar-refractivity contribution in [2.24, 2.45) is 15.9 Å². The number of hydrogen-bond donors (Lipinski definition) is 1. The van der Waals surface area contributed by atoms with Crippen LogP contribution in [0.3, 0.4) is 0 Å². The summed E-state index contributed by atoms with van der Waals surface area (Å²) in [6, 6.07) is 4.06. The summed E-state index contributed by atoms with van der Waals surface area (Å²) in [6.45, 7) is 11.7. The number of aliphatic imine (C=N–C) groups is 2. The van der Waals surface area contributed by atoms with Crippen molar-refractivity contribution in [3.8, 4) is 11.3 Å². The first kappa shape index (κ1) is 15.4. The molecule has 0 amide bonds. The Morgan fingerprint density at radius 3 is 2.83 bits per heavy atom. The second kappa shape index (κ2) is 6.32. The van der Waals surface area contributed by atoms with E-state index in [9.17, 15) is 0 Å². The van der Waals surface area contributed by atoms with Crippen molar-refractivity contribution >= 4 is 30.0 Å². The van der Waals surface area contributed by atoms with Crippen LogP contribution in [-0.4, -0.2) is 22.4 Å². The second-order valence-electron chi connectivity index (χ2n) is 6.02. The number of hydrogen-bond acceptors (Lipinski definition) is 3. The maximum Gasteiger partial charge on any atom is 0.137 e. The molecular weight excluding hydrogens is 284 g/mol. The van der Waals surface area contributed by atoms with E-state index in [0.29, 0.717) is 5.92 Å². The lowest BCUT2D eigenvalue weighted by atomic mass is 10.1. The molecule has 1 fully saturated rings. The smallest absolute Gasteiger partial charge is 0.137 e. The molecule has 4 nitrogen and oxygen atoms in total. The third-order valence-corrected chi connectivity index (χ3v) is 4.50. The molecule has 0 aromatic carbocycles. The highest BCUT2D eigenvalue weighted by Gasteiger charge is 2.18. The lowest BCUT2D eigenvalue weighted by molar-refractivity contribution is 0.728. The largest absolute Gasteiger partial charge is 0.345 e. The summed E-state index contributed by atoms with van der Waals surface area (Å²) in [7, 11) is 0. The van der Waals surface area contributed by atoms with Crippen molar-refractivity contribution in [3.05, 3.63) is 36.2 Å². The van der Waals surface area contributed by atoms with Gasteiger partial charge in [0.05, 0.1) is 17.1 Å². The Hall–Kier alpha value is -2.49. The van der Waals surface area contributed by atoms with Gasteiger partial charge < -0.3 is 4.98 Å². The SMILES string of the molecule is C=Cc1c(-c2ccc(N=C3CCCC3C)c(C)n2)c[nH]c1N=C. The molecule has 2 aromatic rings. The number of aromatic nitrogens is 2. The van der Waals surface area contributed by atoms with Gasteiger partial charge in [-0.1, -0.05) is 19.6 Å². The lowest BCUT2D eigenvalue weighted by Gasteiger charge is -2.07. The summed E-state index contributed by atoms with van der Waals surface area (Å²) in [6.07, 6.45) is 7.27. The van der Waals surface area contributed by atoms with Crippen LogP contribution < -0.4 is 0 Å². The molecule has 1 aliphatic rings. The van der Waals surface area contributed by atoms with Crippen LogP contribution in [0.25, 0.3) is 17.3 Å². The van der Waals surface area contributed by atoms with Crippen LogP contribution in [0.15, 0.2) is 34.9 Å². The van der Waals surface area contributed by atoms with E-state index in [4.69, 9.17) is 9.98 Å². The molecule has 0 aliphatic heterocycles. The van der Waals surface area contributed by atoms with Crippen molar-refractivity contribution in [3.63, 3.8) is 0 Å². The van der Waals surface area contributed by atoms with E-state index in [2.05, 4.69) is 36.3 Å². The van der Waals surface area contributed by atoms with Crippen LogP contribution in [0.4, 0.5) is 11.5 Å². The average molecular weight is 306 g/mol. The molecule has 1 atom stereocenters. The quantitative estimate of drug-likeness (QED) is 0.770. The van der Waals surface area contributed by atoms with E-state index >= 15 is 0 Å². The zero-order chi connectivity index (χ0) is 16.4. The fraction of sp³-hybridized carbons (Fsp3) is 0.316. The molecule has 1 N–H and O–H groups in total. The van der Waals surface area contributed by atoms with Crippen molar-refractivity contribution < 1.29 is 0 Å². The van der Waals surface area contributed by atoms with E-state index in [1.54, 1.807) is 6.08 Å². The van der Waals surface area contributed by atoms with Gasteiger partial charge >= 0.3 is 0 Å². The zero-order valence-electron chi connectivity index (χ0n) is 13.8. The minimum atomic E-state index is 0.590. The summed E-state index contributed by atoms with van der Waals surface area (Å²) in [5, 5.41) is 0. The summed E-state index contributed by atoms with van der Waals surface area (Å²) in [5.74, 6) is 1.31. The van der Waals surface area contributed by atoms with Crippen molar-refractivity contribution in [2.45, 2.75) is 33.1 Å². The summed E-state index contributed by atoms with van der Waals surface area (Å²) in [4.78, 5) is 16.6. The standard InChI is InChI=1S/C19H22N4/c1-5-14-15(11-21-19(14)20-4)18-10-9-17(13(3)22-18)23-16-8-6-7-12(16)2/h5,9-12,21H,1,4,6-8H2,2-3H3. The summed E-state index contributed by atoms with van der Waals surface area (Å²) in [5.41, 5.74) is 6.02. The maximum absolute atomic E-state index is 4.84. The van der Waals surface area contributed by atoms with Crippen LogP contribution in [0, 0.1) is 12.8 Å². The predicted octanol–water partition coefficient (Wildman–Crippen LogP) is 5.25. The highest BCUT2D eigenvalue weighted by atomic mass is 14.9. The molecule has 0 bridgehead atoms. The number of nitrogens with one attached hydrogen (secondary N) is 1. The van der Waals surface area contributed by atoms with Gasteiger partial charge in [-0.15, -0.1) is 0 Å². The van der Waals surface area contributed by atoms with Crippen molar-refractivity contribution in [1.82, 2.24) is 9.97 Å². The van der Waals surface area contributed by atoms with Crippen LogP contribution in [0.2, 0.25) is 0 Å². The number of H-pyrrole nitrogens is 1. The molecule has 0 spiro atoms. The summed E-state index contributed by atoms with van der Waals surface area (Å²) >= 11 is 0. The molecule has 2 aromatic heterocycles. The molecular formula is C19H22N4. The Morgan fingerprint density at radius 2 is 2.22 bits per heavy atom.